The molecule has 0 amide bonds. The molecule has 0 radical (unpaired) electrons. The minimum absolute atomic E-state index is 0.0666. The number of rotatable bonds is 4. The zero-order chi connectivity index (χ0) is 23.1. The number of likely N-dealkylation sites (tertiary alicyclic amines) is 1. The standard InChI is InChI=1S/C19H23NO.C7H8O3S/c1-15-12-13-20(14-18(15)21)19(16-8-4-2-5-9-16)17-10-6-3-7-11-17;1-6-2-4-7(5-3-6)11(8,9)10/h2-11,15,18-19,21H,12-14H2,1H3;2-5H,1H3,(H,8,9,10). The van der Waals surface area contributed by atoms with E-state index in [-0.39, 0.29) is 17.0 Å². The average molecular weight is 454 g/mol. The van der Waals surface area contributed by atoms with Crippen LogP contribution in [-0.4, -0.2) is 42.2 Å². The molecule has 2 atom stereocenters. The third kappa shape index (κ3) is 6.50. The van der Waals surface area contributed by atoms with Gasteiger partial charge in [0.15, 0.2) is 0 Å². The maximum atomic E-state index is 10.5. The molecular weight excluding hydrogens is 422 g/mol. The summed E-state index contributed by atoms with van der Waals surface area (Å²) in [5, 5.41) is 10.2. The fraction of sp³-hybridized carbons (Fsp3) is 0.308. The molecule has 5 nitrogen and oxygen atoms in total. The van der Waals surface area contributed by atoms with E-state index in [0.29, 0.717) is 5.92 Å². The van der Waals surface area contributed by atoms with Gasteiger partial charge >= 0.3 is 0 Å². The molecule has 1 aliphatic heterocycles. The first-order valence-electron chi connectivity index (χ1n) is 10.8. The first-order valence-corrected chi connectivity index (χ1v) is 12.3. The SMILES string of the molecule is CC1CCN(C(c2ccccc2)c2ccccc2)CC1O.Cc1ccc(S(=O)(=O)O)cc1. The third-order valence-electron chi connectivity index (χ3n) is 5.86. The average Bonchev–Trinajstić information content (AvgIpc) is 2.78. The van der Waals surface area contributed by atoms with E-state index < -0.39 is 10.1 Å². The van der Waals surface area contributed by atoms with E-state index in [1.54, 1.807) is 12.1 Å². The van der Waals surface area contributed by atoms with Gasteiger partial charge in [0.25, 0.3) is 10.1 Å². The van der Waals surface area contributed by atoms with Gasteiger partial charge in [-0.2, -0.15) is 8.42 Å². The van der Waals surface area contributed by atoms with E-state index >= 15 is 0 Å². The second kappa shape index (κ2) is 10.9. The Morgan fingerprint density at radius 2 is 1.38 bits per heavy atom. The van der Waals surface area contributed by atoms with Crippen LogP contribution in [0.1, 0.15) is 36.1 Å². The molecule has 0 aliphatic carbocycles. The van der Waals surface area contributed by atoms with Gasteiger partial charge in [-0.3, -0.25) is 9.45 Å². The van der Waals surface area contributed by atoms with Gasteiger partial charge in [0.05, 0.1) is 17.0 Å². The number of β-amino-alcohol motifs (C(OH)–C–C–N with tert-alkyl or cyclic N) is 1. The van der Waals surface area contributed by atoms with E-state index in [4.69, 9.17) is 4.55 Å². The second-order valence-corrected chi connectivity index (χ2v) is 9.76. The summed E-state index contributed by atoms with van der Waals surface area (Å²) in [5.41, 5.74) is 3.55. The van der Waals surface area contributed by atoms with Gasteiger partial charge in [-0.05, 0) is 49.1 Å². The molecule has 1 heterocycles. The van der Waals surface area contributed by atoms with Gasteiger partial charge in [0.1, 0.15) is 0 Å². The highest BCUT2D eigenvalue weighted by Crippen LogP contribution is 2.32. The smallest absolute Gasteiger partial charge is 0.294 e. The summed E-state index contributed by atoms with van der Waals surface area (Å²) in [6, 6.07) is 27.4. The molecule has 6 heteroatoms. The topological polar surface area (TPSA) is 77.8 Å². The lowest BCUT2D eigenvalue weighted by Gasteiger charge is -2.39. The monoisotopic (exact) mass is 453 g/mol. The van der Waals surface area contributed by atoms with Gasteiger partial charge < -0.3 is 5.11 Å². The molecule has 0 saturated carbocycles. The van der Waals surface area contributed by atoms with Crippen LogP contribution in [-0.2, 0) is 10.1 Å². The summed E-state index contributed by atoms with van der Waals surface area (Å²) in [6.07, 6.45) is 0.825. The van der Waals surface area contributed by atoms with Crippen molar-refractivity contribution in [1.29, 1.82) is 0 Å². The molecular formula is C26H31NO4S. The summed E-state index contributed by atoms with van der Waals surface area (Å²) >= 11 is 0. The summed E-state index contributed by atoms with van der Waals surface area (Å²) < 4.78 is 29.6. The Morgan fingerprint density at radius 1 is 0.875 bits per heavy atom. The fourth-order valence-electron chi connectivity index (χ4n) is 3.90. The van der Waals surface area contributed by atoms with Crippen molar-refractivity contribution in [3.63, 3.8) is 0 Å². The highest BCUT2D eigenvalue weighted by Gasteiger charge is 2.30. The minimum atomic E-state index is -4.02. The molecule has 32 heavy (non-hydrogen) atoms. The highest BCUT2D eigenvalue weighted by molar-refractivity contribution is 7.85. The van der Waals surface area contributed by atoms with E-state index in [0.717, 1.165) is 25.1 Å². The Hall–Kier alpha value is -2.51. The molecule has 1 saturated heterocycles. The maximum Gasteiger partial charge on any atom is 0.294 e. The van der Waals surface area contributed by atoms with Crippen LogP contribution < -0.4 is 0 Å². The number of nitrogens with zero attached hydrogens (tertiary/aromatic N) is 1. The molecule has 1 fully saturated rings. The summed E-state index contributed by atoms with van der Waals surface area (Å²) in [5.74, 6) is 0.397. The molecule has 3 aromatic carbocycles. The Labute approximate surface area is 191 Å². The summed E-state index contributed by atoms with van der Waals surface area (Å²) in [6.45, 7) is 5.76. The van der Waals surface area contributed by atoms with Crippen molar-refractivity contribution >= 4 is 10.1 Å². The number of hydrogen-bond acceptors (Lipinski definition) is 4. The molecule has 2 unspecified atom stereocenters. The Bertz CT molecular complexity index is 1030. The molecule has 1 aliphatic rings. The lowest BCUT2D eigenvalue weighted by molar-refractivity contribution is 0.0166. The van der Waals surface area contributed by atoms with Crippen molar-refractivity contribution in [2.45, 2.75) is 37.3 Å². The zero-order valence-corrected chi connectivity index (χ0v) is 19.3. The highest BCUT2D eigenvalue weighted by atomic mass is 32.2. The Kier molecular flexibility index (Phi) is 8.21. The van der Waals surface area contributed by atoms with Crippen LogP contribution in [0.15, 0.2) is 89.8 Å². The van der Waals surface area contributed by atoms with E-state index in [1.165, 1.54) is 23.3 Å². The number of aliphatic hydroxyl groups is 1. The predicted octanol–water partition coefficient (Wildman–Crippen LogP) is 4.72. The lowest BCUT2D eigenvalue weighted by Crippen LogP contribution is -2.44. The second-order valence-electron chi connectivity index (χ2n) is 8.34. The van der Waals surface area contributed by atoms with Crippen molar-refractivity contribution in [2.75, 3.05) is 13.1 Å². The van der Waals surface area contributed by atoms with Crippen LogP contribution >= 0.6 is 0 Å². The van der Waals surface area contributed by atoms with Gasteiger partial charge in [-0.25, -0.2) is 0 Å². The minimum Gasteiger partial charge on any atom is -0.392 e. The molecule has 0 aromatic heterocycles. The van der Waals surface area contributed by atoms with Crippen LogP contribution in [0.4, 0.5) is 0 Å². The number of aliphatic hydroxyl groups excluding tert-OH is 1. The third-order valence-corrected chi connectivity index (χ3v) is 6.73. The van der Waals surface area contributed by atoms with Crippen LogP contribution in [0.5, 0.6) is 0 Å². The lowest BCUT2D eigenvalue weighted by atomic mass is 9.91. The zero-order valence-electron chi connectivity index (χ0n) is 18.5. The van der Waals surface area contributed by atoms with Crippen molar-refractivity contribution < 1.29 is 18.1 Å². The van der Waals surface area contributed by atoms with Crippen LogP contribution in [0.25, 0.3) is 0 Å². The van der Waals surface area contributed by atoms with Gasteiger partial charge in [0, 0.05) is 6.54 Å². The molecule has 3 aromatic rings. The molecule has 4 rings (SSSR count). The predicted molar refractivity (Wildman–Crippen MR) is 127 cm³/mol. The quantitative estimate of drug-likeness (QED) is 0.559. The number of aryl methyl sites for hydroxylation is 1. The van der Waals surface area contributed by atoms with E-state index in [9.17, 15) is 13.5 Å². The number of benzene rings is 3. The molecule has 0 bridgehead atoms. The van der Waals surface area contributed by atoms with E-state index in [2.05, 4.69) is 72.5 Å². The fourth-order valence-corrected chi connectivity index (χ4v) is 4.38. The van der Waals surface area contributed by atoms with Crippen molar-refractivity contribution in [3.05, 3.63) is 102 Å². The van der Waals surface area contributed by atoms with Gasteiger partial charge in [-0.15, -0.1) is 0 Å². The van der Waals surface area contributed by atoms with Crippen molar-refractivity contribution in [3.8, 4) is 0 Å². The summed E-state index contributed by atoms with van der Waals surface area (Å²) in [7, 11) is -4.02. The van der Waals surface area contributed by atoms with Crippen molar-refractivity contribution in [1.82, 2.24) is 4.90 Å². The van der Waals surface area contributed by atoms with Gasteiger partial charge in [-0.1, -0.05) is 85.3 Å². The summed E-state index contributed by atoms with van der Waals surface area (Å²) in [4.78, 5) is 2.35. The maximum absolute atomic E-state index is 10.5. The van der Waals surface area contributed by atoms with Crippen molar-refractivity contribution in [2.24, 2.45) is 5.92 Å². The normalized spacial score (nSPS) is 19.3. The van der Waals surface area contributed by atoms with Gasteiger partial charge in [0.2, 0.25) is 0 Å². The number of hydrogen-bond donors (Lipinski definition) is 2. The van der Waals surface area contributed by atoms with E-state index in [1.807, 2.05) is 6.92 Å². The molecule has 0 spiro atoms. The van der Waals surface area contributed by atoms with Crippen LogP contribution in [0.3, 0.4) is 0 Å². The first-order chi connectivity index (χ1) is 15.3. The molecule has 2 N–H and O–H groups in total. The number of piperidine rings is 1. The largest absolute Gasteiger partial charge is 0.392 e. The van der Waals surface area contributed by atoms with Crippen LogP contribution in [0, 0.1) is 12.8 Å². The Morgan fingerprint density at radius 3 is 1.81 bits per heavy atom. The first kappa shape index (κ1) is 24.1. The Balaban J connectivity index is 0.000000222. The molecule has 170 valence electrons. The van der Waals surface area contributed by atoms with Crippen LogP contribution in [0.2, 0.25) is 0 Å².